The maximum Gasteiger partial charge on any atom is 0.410 e. The summed E-state index contributed by atoms with van der Waals surface area (Å²) < 4.78 is 5.30. The van der Waals surface area contributed by atoms with Gasteiger partial charge < -0.3 is 15.4 Å². The zero-order chi connectivity index (χ0) is 13.1. The smallest absolute Gasteiger partial charge is 0.410 e. The van der Waals surface area contributed by atoms with Gasteiger partial charge in [0.2, 0.25) is 5.91 Å². The van der Waals surface area contributed by atoms with Crippen molar-refractivity contribution < 1.29 is 14.3 Å². The third-order valence-corrected chi connectivity index (χ3v) is 2.78. The van der Waals surface area contributed by atoms with Gasteiger partial charge in [0.25, 0.3) is 0 Å². The number of amides is 2. The summed E-state index contributed by atoms with van der Waals surface area (Å²) in [5.41, 5.74) is 4.81. The van der Waals surface area contributed by atoms with E-state index in [0.717, 1.165) is 12.8 Å². The van der Waals surface area contributed by atoms with Gasteiger partial charge in [0.05, 0.1) is 0 Å². The summed E-state index contributed by atoms with van der Waals surface area (Å²) in [5.74, 6) is -0.376. The molecule has 1 aliphatic rings. The molecule has 0 aromatic carbocycles. The zero-order valence-corrected chi connectivity index (χ0v) is 10.9. The summed E-state index contributed by atoms with van der Waals surface area (Å²) in [6, 6.07) is 0. The van der Waals surface area contributed by atoms with Crippen LogP contribution in [0.2, 0.25) is 0 Å². The van der Waals surface area contributed by atoms with Crippen LogP contribution in [0.3, 0.4) is 0 Å². The molecule has 1 fully saturated rings. The first-order valence-corrected chi connectivity index (χ1v) is 6.07. The van der Waals surface area contributed by atoms with E-state index in [-0.39, 0.29) is 17.9 Å². The molecule has 0 spiro atoms. The average molecular weight is 242 g/mol. The summed E-state index contributed by atoms with van der Waals surface area (Å²) in [6.45, 7) is 6.71. The fraction of sp³-hybridized carbons (Fsp3) is 0.833. The topological polar surface area (TPSA) is 72.6 Å². The molecule has 5 nitrogen and oxygen atoms in total. The maximum absolute atomic E-state index is 11.8. The van der Waals surface area contributed by atoms with E-state index >= 15 is 0 Å². The first kappa shape index (κ1) is 13.8. The molecule has 1 aliphatic heterocycles. The number of nitrogens with two attached hydrogens (primary N) is 1. The molecule has 1 rings (SSSR count). The Hall–Kier alpha value is -1.26. The molecule has 0 unspecified atom stereocenters. The van der Waals surface area contributed by atoms with Gasteiger partial charge in [0.15, 0.2) is 0 Å². The van der Waals surface area contributed by atoms with E-state index in [1.807, 2.05) is 20.8 Å². The van der Waals surface area contributed by atoms with Crippen molar-refractivity contribution in [3.8, 4) is 0 Å². The second-order valence-corrected chi connectivity index (χ2v) is 5.50. The Morgan fingerprint density at radius 3 is 2.41 bits per heavy atom. The lowest BCUT2D eigenvalue weighted by Crippen LogP contribution is -2.37. The molecule has 1 atom stereocenters. The van der Waals surface area contributed by atoms with Gasteiger partial charge in [-0.3, -0.25) is 4.79 Å². The molecule has 0 aromatic heterocycles. The van der Waals surface area contributed by atoms with Gasteiger partial charge in [-0.25, -0.2) is 4.79 Å². The molecular formula is C12H22N2O3. The van der Waals surface area contributed by atoms with Crippen LogP contribution < -0.4 is 5.73 Å². The van der Waals surface area contributed by atoms with Crippen molar-refractivity contribution in [2.75, 3.05) is 13.1 Å². The van der Waals surface area contributed by atoms with Crippen LogP contribution in [0.15, 0.2) is 0 Å². The summed E-state index contributed by atoms with van der Waals surface area (Å²) >= 11 is 0. The van der Waals surface area contributed by atoms with Crippen molar-refractivity contribution in [2.45, 2.75) is 45.6 Å². The first-order chi connectivity index (χ1) is 7.79. The molecule has 0 radical (unpaired) electrons. The van der Waals surface area contributed by atoms with Crippen molar-refractivity contribution in [1.29, 1.82) is 0 Å². The van der Waals surface area contributed by atoms with Crippen LogP contribution in [0.1, 0.15) is 40.0 Å². The summed E-state index contributed by atoms with van der Waals surface area (Å²) in [7, 11) is 0. The van der Waals surface area contributed by atoms with E-state index in [9.17, 15) is 9.59 Å². The highest BCUT2D eigenvalue weighted by molar-refractivity contribution is 5.76. The molecule has 98 valence electrons. The number of ether oxygens (including phenoxy) is 1. The fourth-order valence-corrected chi connectivity index (χ4v) is 1.89. The molecule has 2 N–H and O–H groups in total. The van der Waals surface area contributed by atoms with Crippen molar-refractivity contribution in [1.82, 2.24) is 4.90 Å². The van der Waals surface area contributed by atoms with E-state index in [2.05, 4.69) is 0 Å². The number of rotatable bonds is 1. The molecule has 0 bridgehead atoms. The standard InChI is InChI=1S/C12H22N2O3/c1-12(2,3)17-11(16)14-7-4-5-9(6-8-14)10(13)15/h9H,4-8H2,1-3H3,(H2,13,15)/t9-/m1/s1. The van der Waals surface area contributed by atoms with Crippen LogP contribution >= 0.6 is 0 Å². The Morgan fingerprint density at radius 2 is 1.88 bits per heavy atom. The Balaban J connectivity index is 2.51. The summed E-state index contributed by atoms with van der Waals surface area (Å²) in [5, 5.41) is 0. The van der Waals surface area contributed by atoms with E-state index in [0.29, 0.717) is 19.5 Å². The Kier molecular flexibility index (Phi) is 4.37. The van der Waals surface area contributed by atoms with Gasteiger partial charge in [-0.1, -0.05) is 0 Å². The minimum Gasteiger partial charge on any atom is -0.444 e. The van der Waals surface area contributed by atoms with Crippen LogP contribution in [-0.2, 0) is 9.53 Å². The number of carbonyl (C=O) groups is 2. The van der Waals surface area contributed by atoms with Crippen LogP contribution in [0.5, 0.6) is 0 Å². The molecule has 0 aliphatic carbocycles. The van der Waals surface area contributed by atoms with E-state index in [1.54, 1.807) is 4.90 Å². The monoisotopic (exact) mass is 242 g/mol. The summed E-state index contributed by atoms with van der Waals surface area (Å²) in [4.78, 5) is 24.6. The van der Waals surface area contributed by atoms with Gasteiger partial charge in [-0.05, 0) is 40.0 Å². The zero-order valence-electron chi connectivity index (χ0n) is 10.9. The van der Waals surface area contributed by atoms with Gasteiger partial charge in [0.1, 0.15) is 5.60 Å². The molecule has 17 heavy (non-hydrogen) atoms. The second-order valence-electron chi connectivity index (χ2n) is 5.50. The Bertz CT molecular complexity index is 297. The lowest BCUT2D eigenvalue weighted by atomic mass is 10.0. The normalized spacial score (nSPS) is 21.8. The fourth-order valence-electron chi connectivity index (χ4n) is 1.89. The number of nitrogens with zero attached hydrogens (tertiary/aromatic N) is 1. The van der Waals surface area contributed by atoms with E-state index in [1.165, 1.54) is 0 Å². The lowest BCUT2D eigenvalue weighted by Gasteiger charge is -2.26. The largest absolute Gasteiger partial charge is 0.444 e. The predicted octanol–water partition coefficient (Wildman–Crippen LogP) is 1.51. The van der Waals surface area contributed by atoms with Crippen molar-refractivity contribution in [3.63, 3.8) is 0 Å². The average Bonchev–Trinajstić information content (AvgIpc) is 2.39. The highest BCUT2D eigenvalue weighted by atomic mass is 16.6. The van der Waals surface area contributed by atoms with Gasteiger partial charge >= 0.3 is 6.09 Å². The Morgan fingerprint density at radius 1 is 1.24 bits per heavy atom. The quantitative estimate of drug-likeness (QED) is 0.757. The predicted molar refractivity (Wildman–Crippen MR) is 64.3 cm³/mol. The number of primary amides is 1. The van der Waals surface area contributed by atoms with Gasteiger partial charge in [-0.2, -0.15) is 0 Å². The van der Waals surface area contributed by atoms with Crippen molar-refractivity contribution in [2.24, 2.45) is 11.7 Å². The maximum atomic E-state index is 11.8. The lowest BCUT2D eigenvalue weighted by molar-refractivity contribution is -0.122. The number of hydrogen-bond donors (Lipinski definition) is 1. The van der Waals surface area contributed by atoms with Gasteiger partial charge in [-0.15, -0.1) is 0 Å². The van der Waals surface area contributed by atoms with Crippen LogP contribution in [-0.4, -0.2) is 35.6 Å². The van der Waals surface area contributed by atoms with Gasteiger partial charge in [0, 0.05) is 19.0 Å². The first-order valence-electron chi connectivity index (χ1n) is 6.07. The third kappa shape index (κ3) is 4.63. The Labute approximate surface area is 102 Å². The van der Waals surface area contributed by atoms with E-state index in [4.69, 9.17) is 10.5 Å². The minimum atomic E-state index is -0.480. The molecule has 0 aromatic rings. The molecular weight excluding hydrogens is 220 g/mol. The molecule has 5 heteroatoms. The number of carbonyl (C=O) groups excluding carboxylic acids is 2. The molecule has 2 amide bonds. The van der Waals surface area contributed by atoms with Crippen molar-refractivity contribution in [3.05, 3.63) is 0 Å². The SMILES string of the molecule is CC(C)(C)OC(=O)N1CCC[C@@H](C(N)=O)CC1. The highest BCUT2D eigenvalue weighted by Crippen LogP contribution is 2.19. The highest BCUT2D eigenvalue weighted by Gasteiger charge is 2.26. The summed E-state index contributed by atoms with van der Waals surface area (Å²) in [6.07, 6.45) is 1.89. The van der Waals surface area contributed by atoms with E-state index < -0.39 is 5.60 Å². The van der Waals surface area contributed by atoms with Crippen molar-refractivity contribution >= 4 is 12.0 Å². The number of hydrogen-bond acceptors (Lipinski definition) is 3. The van der Waals surface area contributed by atoms with Crippen LogP contribution in [0.25, 0.3) is 0 Å². The van der Waals surface area contributed by atoms with Crippen LogP contribution in [0.4, 0.5) is 4.79 Å². The second kappa shape index (κ2) is 5.38. The molecule has 1 saturated heterocycles. The third-order valence-electron chi connectivity index (χ3n) is 2.78. The molecule has 1 heterocycles. The van der Waals surface area contributed by atoms with Crippen LogP contribution in [0, 0.1) is 5.92 Å². The molecule has 0 saturated carbocycles. The minimum absolute atomic E-state index is 0.109. The number of likely N-dealkylation sites (tertiary alicyclic amines) is 1.